The van der Waals surface area contributed by atoms with Gasteiger partial charge in [-0.3, -0.25) is 0 Å². The quantitative estimate of drug-likeness (QED) is 0.851. The van der Waals surface area contributed by atoms with Gasteiger partial charge in [-0.05, 0) is 58.7 Å². The van der Waals surface area contributed by atoms with Crippen LogP contribution < -0.4 is 10.6 Å². The van der Waals surface area contributed by atoms with Crippen molar-refractivity contribution in [2.45, 2.75) is 71.0 Å². The van der Waals surface area contributed by atoms with Crippen molar-refractivity contribution in [1.29, 1.82) is 0 Å². The molecular formula is C16H28N2S. The van der Waals surface area contributed by atoms with Crippen LogP contribution >= 0.6 is 11.3 Å². The Morgan fingerprint density at radius 2 is 2.16 bits per heavy atom. The lowest BCUT2D eigenvalue weighted by atomic mass is 10.0. The lowest BCUT2D eigenvalue weighted by Crippen LogP contribution is -2.37. The van der Waals surface area contributed by atoms with E-state index in [0.29, 0.717) is 18.1 Å². The smallest absolute Gasteiger partial charge is 0.0388 e. The van der Waals surface area contributed by atoms with Crippen molar-refractivity contribution < 1.29 is 0 Å². The van der Waals surface area contributed by atoms with E-state index in [1.807, 2.05) is 11.3 Å². The van der Waals surface area contributed by atoms with Gasteiger partial charge in [0.05, 0.1) is 0 Å². The number of thiophene rings is 1. The van der Waals surface area contributed by atoms with Crippen LogP contribution in [-0.4, -0.2) is 18.6 Å². The van der Waals surface area contributed by atoms with Gasteiger partial charge >= 0.3 is 0 Å². The Morgan fingerprint density at radius 1 is 1.32 bits per heavy atom. The van der Waals surface area contributed by atoms with Crippen LogP contribution in [0.2, 0.25) is 0 Å². The monoisotopic (exact) mass is 280 g/mol. The first-order valence-electron chi connectivity index (χ1n) is 7.71. The van der Waals surface area contributed by atoms with Crippen molar-refractivity contribution in [3.05, 3.63) is 21.9 Å². The van der Waals surface area contributed by atoms with Crippen LogP contribution in [0.4, 0.5) is 0 Å². The summed E-state index contributed by atoms with van der Waals surface area (Å²) in [6.07, 6.45) is 6.73. The number of rotatable bonds is 5. The van der Waals surface area contributed by atoms with E-state index in [1.165, 1.54) is 48.4 Å². The maximum Gasteiger partial charge on any atom is 0.0388 e. The molecule has 108 valence electrons. The summed E-state index contributed by atoms with van der Waals surface area (Å²) in [4.78, 5) is 2.86. The lowest BCUT2D eigenvalue weighted by molar-refractivity contribution is 0.382. The highest BCUT2D eigenvalue weighted by atomic mass is 32.1. The van der Waals surface area contributed by atoms with Gasteiger partial charge in [0, 0.05) is 27.9 Å². The van der Waals surface area contributed by atoms with Gasteiger partial charge in [-0.15, -0.1) is 11.3 Å². The average molecular weight is 280 g/mol. The Balaban J connectivity index is 1.78. The fourth-order valence-corrected chi connectivity index (χ4v) is 3.88. The predicted molar refractivity (Wildman–Crippen MR) is 84.9 cm³/mol. The van der Waals surface area contributed by atoms with Crippen LogP contribution in [0.1, 0.15) is 61.7 Å². The minimum absolute atomic E-state index is 0.472. The largest absolute Gasteiger partial charge is 0.314 e. The summed E-state index contributed by atoms with van der Waals surface area (Å²) in [7, 11) is 0. The summed E-state index contributed by atoms with van der Waals surface area (Å²) in [5, 5.41) is 7.44. The normalized spacial score (nSPS) is 23.8. The Hall–Kier alpha value is -0.380. The predicted octanol–water partition coefficient (Wildman–Crippen LogP) is 4.02. The zero-order valence-electron chi connectivity index (χ0n) is 12.5. The Bertz CT molecular complexity index is 367. The van der Waals surface area contributed by atoms with Crippen molar-refractivity contribution in [3.63, 3.8) is 0 Å². The molecule has 3 unspecified atom stereocenters. The molecule has 1 aliphatic heterocycles. The summed E-state index contributed by atoms with van der Waals surface area (Å²) in [5.74, 6) is 0. The van der Waals surface area contributed by atoms with Crippen LogP contribution in [0.15, 0.2) is 12.1 Å². The van der Waals surface area contributed by atoms with Crippen molar-refractivity contribution in [3.8, 4) is 0 Å². The fraction of sp³-hybridized carbons (Fsp3) is 0.750. The molecule has 19 heavy (non-hydrogen) atoms. The second-order valence-corrected chi connectivity index (χ2v) is 7.29. The maximum absolute atomic E-state index is 3.75. The fourth-order valence-electron chi connectivity index (χ4n) is 2.99. The summed E-state index contributed by atoms with van der Waals surface area (Å²) in [6, 6.07) is 6.24. The number of hydrogen-bond acceptors (Lipinski definition) is 3. The standard InChI is InChI=1S/C16H28N2S/c1-12(11-15-7-5-4-6-10-17-15)18-14(3)16-9-8-13(2)19-16/h8-9,12,14-15,17-18H,4-7,10-11H2,1-3H3. The topological polar surface area (TPSA) is 24.1 Å². The summed E-state index contributed by atoms with van der Waals surface area (Å²) >= 11 is 1.91. The highest BCUT2D eigenvalue weighted by Gasteiger charge is 2.17. The van der Waals surface area contributed by atoms with Crippen molar-refractivity contribution in [2.75, 3.05) is 6.54 Å². The minimum atomic E-state index is 0.472. The minimum Gasteiger partial charge on any atom is -0.314 e. The van der Waals surface area contributed by atoms with Gasteiger partial charge in [0.1, 0.15) is 0 Å². The molecule has 2 heterocycles. The molecule has 0 aromatic carbocycles. The maximum atomic E-state index is 3.75. The van der Waals surface area contributed by atoms with Crippen molar-refractivity contribution >= 4 is 11.3 Å². The Kier molecular flexibility index (Phi) is 5.86. The SMILES string of the molecule is Cc1ccc(C(C)NC(C)CC2CCCCCN2)s1. The third-order valence-electron chi connectivity index (χ3n) is 4.02. The molecule has 3 atom stereocenters. The highest BCUT2D eigenvalue weighted by molar-refractivity contribution is 7.12. The van der Waals surface area contributed by atoms with Gasteiger partial charge in [-0.1, -0.05) is 12.8 Å². The zero-order chi connectivity index (χ0) is 13.7. The second kappa shape index (κ2) is 7.41. The third kappa shape index (κ3) is 4.90. The number of nitrogens with one attached hydrogen (secondary N) is 2. The van der Waals surface area contributed by atoms with E-state index < -0.39 is 0 Å². The van der Waals surface area contributed by atoms with E-state index in [-0.39, 0.29) is 0 Å². The molecule has 2 N–H and O–H groups in total. The molecule has 2 nitrogen and oxygen atoms in total. The van der Waals surface area contributed by atoms with E-state index in [9.17, 15) is 0 Å². The molecule has 0 amide bonds. The molecule has 0 bridgehead atoms. The molecule has 0 saturated carbocycles. The van der Waals surface area contributed by atoms with Gasteiger partial charge in [0.15, 0.2) is 0 Å². The van der Waals surface area contributed by atoms with Crippen LogP contribution in [0.3, 0.4) is 0 Å². The first kappa shape index (κ1) is 15.0. The first-order chi connectivity index (χ1) is 9.15. The molecule has 2 rings (SSSR count). The van der Waals surface area contributed by atoms with Crippen molar-refractivity contribution in [1.82, 2.24) is 10.6 Å². The molecule has 1 fully saturated rings. The highest BCUT2D eigenvalue weighted by Crippen LogP contribution is 2.23. The van der Waals surface area contributed by atoms with Gasteiger partial charge < -0.3 is 10.6 Å². The Labute approximate surface area is 122 Å². The lowest BCUT2D eigenvalue weighted by Gasteiger charge is -2.24. The van der Waals surface area contributed by atoms with Crippen LogP contribution in [0, 0.1) is 6.92 Å². The molecular weight excluding hydrogens is 252 g/mol. The molecule has 1 saturated heterocycles. The zero-order valence-corrected chi connectivity index (χ0v) is 13.4. The molecule has 0 radical (unpaired) electrons. The van der Waals surface area contributed by atoms with E-state index in [2.05, 4.69) is 43.5 Å². The van der Waals surface area contributed by atoms with Crippen molar-refractivity contribution in [2.24, 2.45) is 0 Å². The van der Waals surface area contributed by atoms with Gasteiger partial charge in [-0.2, -0.15) is 0 Å². The van der Waals surface area contributed by atoms with Gasteiger partial charge in [-0.25, -0.2) is 0 Å². The number of aryl methyl sites for hydroxylation is 1. The molecule has 3 heteroatoms. The third-order valence-corrected chi connectivity index (χ3v) is 5.21. The molecule has 0 aliphatic carbocycles. The Morgan fingerprint density at radius 3 is 2.89 bits per heavy atom. The van der Waals surface area contributed by atoms with Crippen LogP contribution in [-0.2, 0) is 0 Å². The molecule has 1 aromatic heterocycles. The number of hydrogen-bond donors (Lipinski definition) is 2. The second-order valence-electron chi connectivity index (χ2n) is 5.97. The van der Waals surface area contributed by atoms with E-state index in [4.69, 9.17) is 0 Å². The summed E-state index contributed by atoms with van der Waals surface area (Å²) < 4.78 is 0. The van der Waals surface area contributed by atoms with Gasteiger partial charge in [0.2, 0.25) is 0 Å². The van der Waals surface area contributed by atoms with E-state index >= 15 is 0 Å². The van der Waals surface area contributed by atoms with E-state index in [1.54, 1.807) is 0 Å². The van der Waals surface area contributed by atoms with Crippen LogP contribution in [0.25, 0.3) is 0 Å². The average Bonchev–Trinajstić information content (AvgIpc) is 2.64. The first-order valence-corrected chi connectivity index (χ1v) is 8.52. The molecule has 1 aromatic rings. The summed E-state index contributed by atoms with van der Waals surface area (Å²) in [5.41, 5.74) is 0. The van der Waals surface area contributed by atoms with Gasteiger partial charge in [0.25, 0.3) is 0 Å². The van der Waals surface area contributed by atoms with E-state index in [0.717, 1.165) is 0 Å². The van der Waals surface area contributed by atoms with Crippen LogP contribution in [0.5, 0.6) is 0 Å². The summed E-state index contributed by atoms with van der Waals surface area (Å²) in [6.45, 7) is 7.99. The molecule has 1 aliphatic rings. The molecule has 0 spiro atoms.